The highest BCUT2D eigenvalue weighted by molar-refractivity contribution is 8.26. The maximum atomic E-state index is 12.8. The second-order valence-corrected chi connectivity index (χ2v) is 10.0. The van der Waals surface area contributed by atoms with Crippen molar-refractivity contribution in [2.45, 2.75) is 44.6 Å². The number of ether oxygens (including phenoxy) is 2. The van der Waals surface area contributed by atoms with Gasteiger partial charge in [-0.1, -0.05) is 6.07 Å². The third kappa shape index (κ3) is 6.25. The molecular formula is C23H28F2N4O4S. The molecule has 2 aliphatic carbocycles. The fourth-order valence-electron chi connectivity index (χ4n) is 3.71. The lowest BCUT2D eigenvalue weighted by Gasteiger charge is -2.22. The number of nitrogens with zero attached hydrogens (tertiary/aromatic N) is 2. The van der Waals surface area contributed by atoms with Crippen molar-refractivity contribution >= 4 is 33.8 Å². The Morgan fingerprint density at radius 1 is 1.24 bits per heavy atom. The first kappa shape index (κ1) is 24.4. The fraction of sp³-hybridized carbons (Fsp3) is 0.565. The zero-order valence-corrected chi connectivity index (χ0v) is 19.7. The number of amides is 2. The number of nitrogens with one attached hydrogen (secondary N) is 2. The molecule has 3 fully saturated rings. The van der Waals surface area contributed by atoms with Gasteiger partial charge in [0.2, 0.25) is 11.8 Å². The number of hydrogen-bond donors (Lipinski definition) is 2. The Morgan fingerprint density at radius 2 is 1.97 bits per heavy atom. The molecule has 11 heteroatoms. The Hall–Kier alpha value is -2.69. The molecule has 3 aliphatic rings. The van der Waals surface area contributed by atoms with Gasteiger partial charge in [0.05, 0.1) is 11.7 Å². The molecular weight excluding hydrogens is 466 g/mol. The predicted octanol–water partition coefficient (Wildman–Crippen LogP) is 3.91. The van der Waals surface area contributed by atoms with Crippen LogP contribution in [0.2, 0.25) is 0 Å². The summed E-state index contributed by atoms with van der Waals surface area (Å²) in [5.41, 5.74) is 0.755. The summed E-state index contributed by atoms with van der Waals surface area (Å²) in [5.74, 6) is 0.0191. The zero-order chi connectivity index (χ0) is 24.4. The minimum Gasteiger partial charge on any atom is -0.489 e. The summed E-state index contributed by atoms with van der Waals surface area (Å²) in [7, 11) is 1.47. The van der Waals surface area contributed by atoms with E-state index in [1.807, 2.05) is 0 Å². The highest BCUT2D eigenvalue weighted by Crippen LogP contribution is 2.38. The summed E-state index contributed by atoms with van der Waals surface area (Å²) in [4.78, 5) is 27.9. The first-order chi connectivity index (χ1) is 16.2. The Labute approximate surface area is 201 Å². The van der Waals surface area contributed by atoms with Crippen LogP contribution in [0, 0.1) is 22.7 Å². The van der Waals surface area contributed by atoms with Crippen LogP contribution in [0.4, 0.5) is 8.78 Å². The quantitative estimate of drug-likeness (QED) is 0.400. The Morgan fingerprint density at radius 3 is 2.62 bits per heavy atom. The van der Waals surface area contributed by atoms with E-state index in [4.69, 9.17) is 15.6 Å². The van der Waals surface area contributed by atoms with Crippen molar-refractivity contribution in [2.75, 3.05) is 26.7 Å². The van der Waals surface area contributed by atoms with E-state index in [2.05, 4.69) is 4.74 Å². The molecule has 8 nitrogen and oxygen atoms in total. The topological polar surface area (TPSA) is 107 Å². The molecule has 1 atom stereocenters. The van der Waals surface area contributed by atoms with Gasteiger partial charge in [-0.3, -0.25) is 25.3 Å². The first-order valence-electron chi connectivity index (χ1n) is 11.3. The lowest BCUT2D eigenvalue weighted by molar-refractivity contribution is -0.135. The number of benzene rings is 1. The van der Waals surface area contributed by atoms with E-state index < -0.39 is 12.5 Å². The van der Waals surface area contributed by atoms with E-state index >= 15 is 0 Å². The van der Waals surface area contributed by atoms with Crippen LogP contribution < -0.4 is 9.47 Å². The molecule has 34 heavy (non-hydrogen) atoms. The van der Waals surface area contributed by atoms with Gasteiger partial charge in [0.25, 0.3) is 0 Å². The van der Waals surface area contributed by atoms with Gasteiger partial charge in [0, 0.05) is 31.8 Å². The standard InChI is InChI=1S/C23H28F2N4O4S/c1-28(23(27)34-21(26)14-4-5-14)20(31)11-29-10-16(9-19(29)30)15-6-7-17(33-22(24)25)18(8-15)32-12-13-2-3-13/h6-8,13-14,16,22,26-27H,2-5,9-12H2,1H3/t16-/m0/s1. The second kappa shape index (κ2) is 10.3. The van der Waals surface area contributed by atoms with Crippen molar-refractivity contribution in [3.05, 3.63) is 23.8 Å². The number of carbonyl (C=O) groups is 2. The monoisotopic (exact) mass is 494 g/mol. The normalized spacial score (nSPS) is 19.9. The van der Waals surface area contributed by atoms with Crippen molar-refractivity contribution in [1.29, 1.82) is 10.8 Å². The van der Waals surface area contributed by atoms with E-state index in [0.717, 1.165) is 43.0 Å². The summed E-state index contributed by atoms with van der Waals surface area (Å²) in [6.45, 7) is -2.40. The van der Waals surface area contributed by atoms with Gasteiger partial charge in [-0.05, 0) is 61.1 Å². The number of likely N-dealkylation sites (tertiary alicyclic amines) is 1. The van der Waals surface area contributed by atoms with Crippen molar-refractivity contribution in [3.8, 4) is 11.5 Å². The highest BCUT2D eigenvalue weighted by atomic mass is 32.2. The van der Waals surface area contributed by atoms with Crippen LogP contribution in [0.5, 0.6) is 11.5 Å². The van der Waals surface area contributed by atoms with Crippen LogP contribution in [-0.2, 0) is 9.59 Å². The van der Waals surface area contributed by atoms with Crippen molar-refractivity contribution < 1.29 is 27.8 Å². The van der Waals surface area contributed by atoms with Crippen LogP contribution in [0.1, 0.15) is 43.6 Å². The Bertz CT molecular complexity index is 984. The number of rotatable bonds is 9. The average molecular weight is 495 g/mol. The molecule has 1 aliphatic heterocycles. The Balaban J connectivity index is 1.37. The van der Waals surface area contributed by atoms with Gasteiger partial charge < -0.3 is 14.4 Å². The number of alkyl halides is 2. The van der Waals surface area contributed by atoms with Gasteiger partial charge in [-0.2, -0.15) is 8.78 Å². The van der Waals surface area contributed by atoms with E-state index in [0.29, 0.717) is 24.1 Å². The van der Waals surface area contributed by atoms with Gasteiger partial charge in [0.1, 0.15) is 6.54 Å². The third-order valence-corrected chi connectivity index (χ3v) is 7.22. The largest absolute Gasteiger partial charge is 0.489 e. The maximum absolute atomic E-state index is 12.8. The molecule has 0 bridgehead atoms. The third-order valence-electron chi connectivity index (χ3n) is 6.20. The molecule has 0 aromatic heterocycles. The Kier molecular flexibility index (Phi) is 7.39. The van der Waals surface area contributed by atoms with Crippen LogP contribution in [0.15, 0.2) is 18.2 Å². The van der Waals surface area contributed by atoms with Gasteiger partial charge in [-0.25, -0.2) is 0 Å². The molecule has 0 radical (unpaired) electrons. The predicted molar refractivity (Wildman–Crippen MR) is 124 cm³/mol. The molecule has 2 N–H and O–H groups in total. The average Bonchev–Trinajstić information content (AvgIpc) is 3.71. The van der Waals surface area contributed by atoms with Crippen molar-refractivity contribution in [3.63, 3.8) is 0 Å². The SMILES string of the molecule is CN(C(=N)SC(=N)C1CC1)C(=O)CN1C[C@@H](c2ccc(OC(F)F)c(OCC3CC3)c2)CC1=O. The van der Waals surface area contributed by atoms with E-state index in [-0.39, 0.29) is 47.4 Å². The summed E-state index contributed by atoms with van der Waals surface area (Å²) in [5, 5.41) is 16.4. The summed E-state index contributed by atoms with van der Waals surface area (Å²) in [6, 6.07) is 4.72. The van der Waals surface area contributed by atoms with Crippen LogP contribution >= 0.6 is 11.8 Å². The van der Waals surface area contributed by atoms with E-state index in [1.165, 1.54) is 22.9 Å². The van der Waals surface area contributed by atoms with Gasteiger partial charge >= 0.3 is 6.61 Å². The van der Waals surface area contributed by atoms with Crippen molar-refractivity contribution in [1.82, 2.24) is 9.80 Å². The highest BCUT2D eigenvalue weighted by Gasteiger charge is 2.34. The zero-order valence-electron chi connectivity index (χ0n) is 18.9. The molecule has 2 amide bonds. The number of halogens is 2. The van der Waals surface area contributed by atoms with Crippen molar-refractivity contribution in [2.24, 2.45) is 11.8 Å². The van der Waals surface area contributed by atoms with E-state index in [9.17, 15) is 18.4 Å². The maximum Gasteiger partial charge on any atom is 0.387 e. The minimum atomic E-state index is -2.97. The summed E-state index contributed by atoms with van der Waals surface area (Å²) < 4.78 is 35.9. The van der Waals surface area contributed by atoms with Crippen LogP contribution in [-0.4, -0.2) is 65.2 Å². The lowest BCUT2D eigenvalue weighted by Crippen LogP contribution is -2.41. The molecule has 1 saturated heterocycles. The number of likely N-dealkylation sites (N-methyl/N-ethyl adjacent to an activating group) is 1. The van der Waals surface area contributed by atoms with Crippen LogP contribution in [0.25, 0.3) is 0 Å². The van der Waals surface area contributed by atoms with Gasteiger partial charge in [-0.15, -0.1) is 0 Å². The number of carbonyl (C=O) groups excluding carboxylic acids is 2. The van der Waals surface area contributed by atoms with Crippen LogP contribution in [0.3, 0.4) is 0 Å². The lowest BCUT2D eigenvalue weighted by atomic mass is 9.98. The fourth-order valence-corrected chi connectivity index (χ4v) is 4.56. The molecule has 1 aromatic carbocycles. The smallest absolute Gasteiger partial charge is 0.387 e. The number of hydrogen-bond acceptors (Lipinski definition) is 7. The molecule has 1 heterocycles. The molecule has 184 valence electrons. The molecule has 1 aromatic rings. The minimum absolute atomic E-state index is 0.0304. The number of thioether (sulfide) groups is 1. The van der Waals surface area contributed by atoms with Gasteiger partial charge in [0.15, 0.2) is 16.7 Å². The first-order valence-corrected chi connectivity index (χ1v) is 12.1. The second-order valence-electron chi connectivity index (χ2n) is 9.01. The molecule has 2 saturated carbocycles. The summed E-state index contributed by atoms with van der Waals surface area (Å²) >= 11 is 0.970. The summed E-state index contributed by atoms with van der Waals surface area (Å²) in [6.07, 6.45) is 4.19. The molecule has 0 unspecified atom stereocenters. The molecule has 4 rings (SSSR count). The number of amidine groups is 1. The van der Waals surface area contributed by atoms with E-state index in [1.54, 1.807) is 12.1 Å². The molecule has 0 spiro atoms.